The zero-order valence-corrected chi connectivity index (χ0v) is 15.3. The van der Waals surface area contributed by atoms with Crippen LogP contribution in [-0.4, -0.2) is 46.2 Å². The maximum atomic E-state index is 12.9. The third-order valence-electron chi connectivity index (χ3n) is 5.08. The van der Waals surface area contributed by atoms with Crippen molar-refractivity contribution in [3.05, 3.63) is 35.4 Å². The Morgan fingerprint density at radius 2 is 2.07 bits per heavy atom. The molecule has 1 aliphatic heterocycles. The summed E-state index contributed by atoms with van der Waals surface area (Å²) in [5.74, 6) is -0.478. The van der Waals surface area contributed by atoms with Gasteiger partial charge in [-0.15, -0.1) is 0 Å². The van der Waals surface area contributed by atoms with Gasteiger partial charge >= 0.3 is 6.18 Å². The van der Waals surface area contributed by atoms with E-state index in [2.05, 4.69) is 27.2 Å². The second-order valence-corrected chi connectivity index (χ2v) is 7.03. The van der Waals surface area contributed by atoms with Crippen molar-refractivity contribution in [2.45, 2.75) is 25.6 Å². The maximum Gasteiger partial charge on any atom is 0.416 e. The Labute approximate surface area is 159 Å². The molecule has 4 rings (SSSR count). The highest BCUT2D eigenvalue weighted by Crippen LogP contribution is 2.38. The molecule has 2 aromatic heterocycles. The number of pyridine rings is 1. The first-order valence-corrected chi connectivity index (χ1v) is 8.85. The summed E-state index contributed by atoms with van der Waals surface area (Å²) in [5, 5.41) is 13.3. The average Bonchev–Trinajstić information content (AvgIpc) is 3.01. The summed E-state index contributed by atoms with van der Waals surface area (Å²) in [5.41, 5.74) is 0.714. The van der Waals surface area contributed by atoms with Crippen LogP contribution >= 0.6 is 0 Å². The van der Waals surface area contributed by atoms with E-state index in [0.29, 0.717) is 41.6 Å². The number of oxazole rings is 1. The number of aryl methyl sites for hydroxylation is 1. The fourth-order valence-electron chi connectivity index (χ4n) is 3.33. The number of aromatic hydroxyl groups is 1. The maximum absolute atomic E-state index is 12.9. The van der Waals surface area contributed by atoms with Gasteiger partial charge in [-0.3, -0.25) is 0 Å². The van der Waals surface area contributed by atoms with Crippen molar-refractivity contribution in [3.8, 4) is 17.0 Å². The van der Waals surface area contributed by atoms with Gasteiger partial charge in [-0.1, -0.05) is 0 Å². The predicted molar refractivity (Wildman–Crippen MR) is 98.2 cm³/mol. The van der Waals surface area contributed by atoms with Crippen LogP contribution in [0.1, 0.15) is 17.5 Å². The Balaban J connectivity index is 1.62. The molecule has 0 radical (unpaired) electrons. The zero-order chi connectivity index (χ0) is 20.1. The molecule has 1 aliphatic rings. The molecule has 0 amide bonds. The highest BCUT2D eigenvalue weighted by molar-refractivity contribution is 5.78. The average molecular weight is 392 g/mol. The Kier molecular flexibility index (Phi) is 4.41. The van der Waals surface area contributed by atoms with Crippen molar-refractivity contribution in [1.82, 2.24) is 14.9 Å². The Hall–Kier alpha value is -2.81. The molecule has 0 aliphatic carbocycles. The van der Waals surface area contributed by atoms with E-state index in [0.717, 1.165) is 19.0 Å². The first kappa shape index (κ1) is 18.5. The lowest BCUT2D eigenvalue weighted by Gasteiger charge is -2.37. The fourth-order valence-corrected chi connectivity index (χ4v) is 3.33. The smallest absolute Gasteiger partial charge is 0.416 e. The summed E-state index contributed by atoms with van der Waals surface area (Å²) in [6.45, 7) is 3.27. The number of fused-ring (bicyclic) bond motifs is 1. The van der Waals surface area contributed by atoms with E-state index in [1.165, 1.54) is 6.92 Å². The van der Waals surface area contributed by atoms with Crippen molar-refractivity contribution in [2.24, 2.45) is 0 Å². The van der Waals surface area contributed by atoms with Crippen LogP contribution in [0.4, 0.5) is 19.2 Å². The van der Waals surface area contributed by atoms with Crippen LogP contribution in [0.2, 0.25) is 0 Å². The van der Waals surface area contributed by atoms with Crippen molar-refractivity contribution in [1.29, 1.82) is 0 Å². The van der Waals surface area contributed by atoms with Crippen LogP contribution in [0, 0.1) is 6.92 Å². The number of likely N-dealkylation sites (N-methyl/N-ethyl adjacent to an activating group) is 1. The number of hydrogen-bond donors (Lipinski definition) is 2. The van der Waals surface area contributed by atoms with Gasteiger partial charge in [0.2, 0.25) is 5.65 Å². The van der Waals surface area contributed by atoms with Crippen LogP contribution in [0.5, 0.6) is 5.75 Å². The van der Waals surface area contributed by atoms with Crippen LogP contribution in [-0.2, 0) is 6.18 Å². The first-order chi connectivity index (χ1) is 13.2. The van der Waals surface area contributed by atoms with Gasteiger partial charge in [0.1, 0.15) is 5.75 Å². The topological polar surface area (TPSA) is 74.4 Å². The van der Waals surface area contributed by atoms with Crippen LogP contribution < -0.4 is 5.32 Å². The van der Waals surface area contributed by atoms with E-state index in [-0.39, 0.29) is 11.1 Å². The van der Waals surface area contributed by atoms with Gasteiger partial charge in [0, 0.05) is 18.2 Å². The largest absolute Gasteiger partial charge is 0.507 e. The van der Waals surface area contributed by atoms with Gasteiger partial charge in [0.25, 0.3) is 6.01 Å². The minimum absolute atomic E-state index is 0.239. The molecule has 1 atom stereocenters. The van der Waals surface area contributed by atoms with E-state index in [4.69, 9.17) is 4.42 Å². The SMILES string of the molecule is Cc1cc(C(F)(F)F)cc(O)c1-c1ccc2oc(NC[C@H]3CCN3C)nc2n1. The summed E-state index contributed by atoms with van der Waals surface area (Å²) < 4.78 is 44.4. The second kappa shape index (κ2) is 6.66. The number of anilines is 1. The summed E-state index contributed by atoms with van der Waals surface area (Å²) in [6, 6.07) is 5.71. The molecule has 0 spiro atoms. The normalized spacial score (nSPS) is 17.7. The standard InChI is InChI=1S/C19H19F3N4O2/c1-10-7-11(19(20,21)22)8-14(27)16(10)13-3-4-15-17(24-13)25-18(28-15)23-9-12-5-6-26(12)2/h3-4,7-8,12,27H,5-6,9H2,1-2H3,(H,23,24,25)/t12-/m1/s1. The minimum atomic E-state index is -4.53. The molecular formula is C19H19F3N4O2. The molecule has 0 unspecified atom stereocenters. The number of hydrogen-bond acceptors (Lipinski definition) is 6. The molecule has 0 saturated carbocycles. The lowest BCUT2D eigenvalue weighted by Crippen LogP contribution is -2.48. The number of rotatable bonds is 4. The van der Waals surface area contributed by atoms with E-state index in [1.807, 2.05) is 0 Å². The van der Waals surface area contributed by atoms with Crippen LogP contribution in [0.25, 0.3) is 22.5 Å². The third-order valence-corrected chi connectivity index (χ3v) is 5.08. The van der Waals surface area contributed by atoms with Gasteiger partial charge in [-0.25, -0.2) is 4.98 Å². The molecule has 1 fully saturated rings. The number of aromatic nitrogens is 2. The van der Waals surface area contributed by atoms with Gasteiger partial charge < -0.3 is 19.7 Å². The molecule has 28 heavy (non-hydrogen) atoms. The highest BCUT2D eigenvalue weighted by Gasteiger charge is 2.32. The number of halogens is 3. The number of likely N-dealkylation sites (tertiary alicyclic amines) is 1. The molecule has 6 nitrogen and oxygen atoms in total. The molecule has 9 heteroatoms. The summed E-state index contributed by atoms with van der Waals surface area (Å²) in [6.07, 6.45) is -3.42. The summed E-state index contributed by atoms with van der Waals surface area (Å²) >= 11 is 0. The van der Waals surface area contributed by atoms with Crippen LogP contribution in [0.3, 0.4) is 0 Å². The highest BCUT2D eigenvalue weighted by atomic mass is 19.4. The fraction of sp³-hybridized carbons (Fsp3) is 0.368. The van der Waals surface area contributed by atoms with E-state index in [1.54, 1.807) is 12.1 Å². The number of benzene rings is 1. The van der Waals surface area contributed by atoms with E-state index in [9.17, 15) is 18.3 Å². The number of nitrogens with zero attached hydrogens (tertiary/aromatic N) is 3. The zero-order valence-electron chi connectivity index (χ0n) is 15.3. The van der Waals surface area contributed by atoms with Gasteiger partial charge in [0.05, 0.1) is 11.3 Å². The van der Waals surface area contributed by atoms with Gasteiger partial charge in [-0.2, -0.15) is 18.2 Å². The lowest BCUT2D eigenvalue weighted by molar-refractivity contribution is -0.137. The Morgan fingerprint density at radius 3 is 2.68 bits per heavy atom. The molecule has 148 valence electrons. The quantitative estimate of drug-likeness (QED) is 0.698. The third kappa shape index (κ3) is 3.37. The predicted octanol–water partition coefficient (Wildman–Crippen LogP) is 4.04. The monoisotopic (exact) mass is 392 g/mol. The van der Waals surface area contributed by atoms with Crippen LogP contribution in [0.15, 0.2) is 28.7 Å². The number of phenols is 1. The minimum Gasteiger partial charge on any atom is -0.507 e. The molecule has 3 heterocycles. The van der Waals surface area contributed by atoms with E-state index >= 15 is 0 Å². The molecule has 2 N–H and O–H groups in total. The Morgan fingerprint density at radius 1 is 1.29 bits per heavy atom. The number of alkyl halides is 3. The van der Waals surface area contributed by atoms with Crippen molar-refractivity contribution in [2.75, 3.05) is 25.5 Å². The molecule has 3 aromatic rings. The van der Waals surface area contributed by atoms with Crippen molar-refractivity contribution < 1.29 is 22.7 Å². The van der Waals surface area contributed by atoms with Gasteiger partial charge in [0.15, 0.2) is 5.58 Å². The number of nitrogens with one attached hydrogen (secondary N) is 1. The lowest BCUT2D eigenvalue weighted by atomic mass is 10.0. The Bertz CT molecular complexity index is 1010. The first-order valence-electron chi connectivity index (χ1n) is 8.85. The molecule has 1 saturated heterocycles. The second-order valence-electron chi connectivity index (χ2n) is 7.03. The van der Waals surface area contributed by atoms with Crippen molar-refractivity contribution in [3.63, 3.8) is 0 Å². The summed E-state index contributed by atoms with van der Waals surface area (Å²) in [4.78, 5) is 10.9. The van der Waals surface area contributed by atoms with Crippen molar-refractivity contribution >= 4 is 17.2 Å². The number of phenolic OH excluding ortho intramolecular Hbond substituents is 1. The van der Waals surface area contributed by atoms with E-state index < -0.39 is 17.5 Å². The molecular weight excluding hydrogens is 373 g/mol. The van der Waals surface area contributed by atoms with Gasteiger partial charge in [-0.05, 0) is 56.8 Å². The molecule has 0 bridgehead atoms. The summed E-state index contributed by atoms with van der Waals surface area (Å²) in [7, 11) is 2.05. The molecule has 1 aromatic carbocycles.